The van der Waals surface area contributed by atoms with Gasteiger partial charge in [0, 0.05) is 20.4 Å². The molecule has 72 valence electrons. The summed E-state index contributed by atoms with van der Waals surface area (Å²) in [5.41, 5.74) is 1.20. The Balaban J connectivity index is -0.000000270. The van der Waals surface area contributed by atoms with Crippen molar-refractivity contribution in [2.75, 3.05) is 0 Å². The molecule has 0 nitrogen and oxygen atoms in total. The van der Waals surface area contributed by atoms with E-state index in [1.165, 1.54) is 5.56 Å². The van der Waals surface area contributed by atoms with Crippen LogP contribution in [0.2, 0.25) is 0 Å². The van der Waals surface area contributed by atoms with Gasteiger partial charge in [0.15, 0.2) is 0 Å². The van der Waals surface area contributed by atoms with Crippen molar-refractivity contribution in [1.29, 1.82) is 0 Å². The van der Waals surface area contributed by atoms with Crippen molar-refractivity contribution in [1.82, 2.24) is 0 Å². The molecule has 0 aliphatic carbocycles. The van der Waals surface area contributed by atoms with E-state index >= 15 is 0 Å². The van der Waals surface area contributed by atoms with Crippen LogP contribution in [0, 0.1) is 6.92 Å². The maximum atomic E-state index is 3.60. The van der Waals surface area contributed by atoms with Crippen molar-refractivity contribution >= 4 is 30.9 Å². The van der Waals surface area contributed by atoms with E-state index in [0.29, 0.717) is 0 Å². The molecule has 0 unspecified atom stereocenters. The molecule has 0 radical (unpaired) electrons. The Morgan fingerprint density at radius 1 is 1.00 bits per heavy atom. The van der Waals surface area contributed by atoms with Gasteiger partial charge in [0.25, 0.3) is 0 Å². The second kappa shape index (κ2) is 11.1. The molecule has 0 amide bonds. The van der Waals surface area contributed by atoms with E-state index in [2.05, 4.69) is 6.92 Å². The number of benzene rings is 1. The third-order valence-corrected chi connectivity index (χ3v) is 1.11. The zero-order chi connectivity index (χ0) is 6.53. The van der Waals surface area contributed by atoms with Crippen LogP contribution in [0.15, 0.2) is 36.4 Å². The second-order valence-corrected chi connectivity index (χ2v) is 1.81. The first-order valence-corrected chi connectivity index (χ1v) is 2.94. The van der Waals surface area contributed by atoms with Gasteiger partial charge < -0.3 is 0 Å². The first-order chi connectivity index (χ1) is 4.43. The van der Waals surface area contributed by atoms with Crippen LogP contribution in [0.1, 0.15) is 5.56 Å². The van der Waals surface area contributed by atoms with Gasteiger partial charge in [0.1, 0.15) is 0 Å². The first-order valence-electron chi connectivity index (χ1n) is 2.94. The fourth-order valence-corrected chi connectivity index (χ4v) is 0.700. The van der Waals surface area contributed by atoms with Crippen LogP contribution in [0.5, 0.6) is 0 Å². The molecule has 0 aromatic heterocycles. The maximum Gasteiger partial charge on any atom is 0 e. The summed E-state index contributed by atoms with van der Waals surface area (Å²) in [6.45, 7) is 3.60. The van der Waals surface area contributed by atoms with Crippen LogP contribution in [0.4, 0.5) is 0 Å². The van der Waals surface area contributed by atoms with Gasteiger partial charge in [-0.1, -0.05) is 30.3 Å². The predicted octanol–water partition coefficient (Wildman–Crippen LogP) is 3.37. The van der Waals surface area contributed by atoms with Gasteiger partial charge in [-0.3, -0.25) is 0 Å². The van der Waals surface area contributed by atoms with Crippen LogP contribution in [-0.4, -0.2) is 0 Å². The largest absolute Gasteiger partial charge is 0.245 e. The standard InChI is InChI=1S/C9H9.2ClH.Pd/c1-2-6-9-7-4-3-5-8-9;;;/h2-8H,1H2;2*1H;/q-1;;;. The molecule has 0 aliphatic heterocycles. The summed E-state index contributed by atoms with van der Waals surface area (Å²) < 4.78 is 0. The second-order valence-electron chi connectivity index (χ2n) is 1.81. The summed E-state index contributed by atoms with van der Waals surface area (Å²) in [5, 5.41) is 0. The van der Waals surface area contributed by atoms with E-state index in [-0.39, 0.29) is 45.2 Å². The van der Waals surface area contributed by atoms with Gasteiger partial charge in [-0.25, -0.2) is 19.1 Å². The maximum absolute atomic E-state index is 3.60. The van der Waals surface area contributed by atoms with Crippen molar-refractivity contribution in [2.45, 2.75) is 0 Å². The topological polar surface area (TPSA) is 0 Å². The molecule has 1 rings (SSSR count). The average Bonchev–Trinajstić information content (AvgIpc) is 1.91. The van der Waals surface area contributed by atoms with E-state index in [4.69, 9.17) is 0 Å². The van der Waals surface area contributed by atoms with Crippen LogP contribution in [0.3, 0.4) is 0 Å². The van der Waals surface area contributed by atoms with Gasteiger partial charge in [0.2, 0.25) is 0 Å². The SMILES string of the molecule is Cl.Cl.[CH2-]C=Cc1ccccc1.[Pd]. The summed E-state index contributed by atoms with van der Waals surface area (Å²) >= 11 is 0. The molecule has 0 spiro atoms. The fourth-order valence-electron chi connectivity index (χ4n) is 0.700. The van der Waals surface area contributed by atoms with Gasteiger partial charge in [0.05, 0.1) is 0 Å². The quantitative estimate of drug-likeness (QED) is 0.550. The van der Waals surface area contributed by atoms with E-state index in [9.17, 15) is 0 Å². The smallest absolute Gasteiger partial charge is 0 e. The Morgan fingerprint density at radius 2 is 1.50 bits per heavy atom. The summed E-state index contributed by atoms with van der Waals surface area (Å²) in [5.74, 6) is 0. The van der Waals surface area contributed by atoms with Crippen LogP contribution in [-0.2, 0) is 20.4 Å². The normalized spacial score (nSPS) is 7.67. The molecular formula is C9H11Cl2Pd-. The van der Waals surface area contributed by atoms with Gasteiger partial charge in [-0.15, -0.1) is 30.4 Å². The molecular weight excluding hydrogens is 285 g/mol. The molecule has 1 aromatic carbocycles. The van der Waals surface area contributed by atoms with Crippen molar-refractivity contribution < 1.29 is 20.4 Å². The summed E-state index contributed by atoms with van der Waals surface area (Å²) in [6.07, 6.45) is 3.76. The molecule has 0 aliphatic rings. The Morgan fingerprint density at radius 3 is 1.92 bits per heavy atom. The molecule has 0 heterocycles. The predicted molar refractivity (Wildman–Crippen MR) is 55.3 cm³/mol. The van der Waals surface area contributed by atoms with E-state index < -0.39 is 0 Å². The Kier molecular flexibility index (Phi) is 16.6. The zero-order valence-corrected chi connectivity index (χ0v) is 9.57. The summed E-state index contributed by atoms with van der Waals surface area (Å²) in [6, 6.07) is 10.1. The molecule has 3 heteroatoms. The fraction of sp³-hybridized carbons (Fsp3) is 0. The minimum atomic E-state index is 0. The summed E-state index contributed by atoms with van der Waals surface area (Å²) in [4.78, 5) is 0. The molecule has 0 bridgehead atoms. The number of rotatable bonds is 1. The van der Waals surface area contributed by atoms with Crippen molar-refractivity contribution in [3.05, 3.63) is 48.9 Å². The van der Waals surface area contributed by atoms with Gasteiger partial charge in [-0.2, -0.15) is 0 Å². The monoisotopic (exact) mass is 295 g/mol. The Bertz CT molecular complexity index is 197. The van der Waals surface area contributed by atoms with Gasteiger partial charge in [-0.05, 0) is 0 Å². The van der Waals surface area contributed by atoms with E-state index in [0.717, 1.165) is 0 Å². The minimum Gasteiger partial charge on any atom is -0.245 e. The Labute approximate surface area is 99.9 Å². The molecule has 0 atom stereocenters. The molecule has 0 saturated carbocycles. The van der Waals surface area contributed by atoms with Gasteiger partial charge >= 0.3 is 0 Å². The van der Waals surface area contributed by atoms with Crippen LogP contribution < -0.4 is 0 Å². The zero-order valence-electron chi connectivity index (χ0n) is 6.38. The molecule has 0 saturated heterocycles. The number of hydrogen-bond acceptors (Lipinski definition) is 0. The van der Waals surface area contributed by atoms with Crippen molar-refractivity contribution in [3.63, 3.8) is 0 Å². The number of allylic oxidation sites excluding steroid dienone is 1. The van der Waals surface area contributed by atoms with E-state index in [1.54, 1.807) is 6.08 Å². The first kappa shape index (κ1) is 18.0. The molecule has 1 aromatic rings. The average molecular weight is 297 g/mol. The van der Waals surface area contributed by atoms with E-state index in [1.807, 2.05) is 36.4 Å². The number of hydrogen-bond donors (Lipinski definition) is 0. The van der Waals surface area contributed by atoms with Crippen molar-refractivity contribution in [2.24, 2.45) is 0 Å². The third kappa shape index (κ3) is 6.76. The number of halogens is 2. The third-order valence-electron chi connectivity index (χ3n) is 1.11. The molecule has 12 heavy (non-hydrogen) atoms. The van der Waals surface area contributed by atoms with Crippen LogP contribution in [0.25, 0.3) is 6.08 Å². The Hall–Kier alpha value is 0.0723. The van der Waals surface area contributed by atoms with Crippen molar-refractivity contribution in [3.8, 4) is 0 Å². The molecule has 0 fully saturated rings. The minimum absolute atomic E-state index is 0. The summed E-state index contributed by atoms with van der Waals surface area (Å²) in [7, 11) is 0. The van der Waals surface area contributed by atoms with Crippen LogP contribution >= 0.6 is 24.8 Å². The molecule has 0 N–H and O–H groups in total.